The zero-order chi connectivity index (χ0) is 37.9. The summed E-state index contributed by atoms with van der Waals surface area (Å²) in [6.45, 7) is 0. The molecule has 6 aromatic rings. The van der Waals surface area contributed by atoms with Gasteiger partial charge in [-0.25, -0.2) is 0 Å². The van der Waals surface area contributed by atoms with Crippen molar-refractivity contribution in [2.24, 2.45) is 4.99 Å². The van der Waals surface area contributed by atoms with Crippen LogP contribution in [0.5, 0.6) is 11.5 Å². The van der Waals surface area contributed by atoms with Crippen LogP contribution in [0.3, 0.4) is 0 Å². The molecule has 0 bridgehead atoms. The van der Waals surface area contributed by atoms with E-state index in [9.17, 15) is 0 Å². The molecule has 0 radical (unpaired) electrons. The molecule has 6 aromatic carbocycles. The number of benzene rings is 6. The topological polar surface area (TPSA) is 59.6 Å². The Labute approximate surface area is 333 Å². The van der Waals surface area contributed by atoms with Crippen LogP contribution in [0.4, 0.5) is 5.69 Å². The molecule has 3 N–H and O–H groups in total. The first kappa shape index (κ1) is 33.4. The van der Waals surface area contributed by atoms with E-state index in [1.54, 1.807) is 0 Å². The first-order valence-corrected chi connectivity index (χ1v) is 20.0. The summed E-state index contributed by atoms with van der Waals surface area (Å²) in [5.74, 6) is 2.14. The molecule has 2 aliphatic heterocycles. The van der Waals surface area contributed by atoms with Crippen LogP contribution < -0.4 is 15.8 Å². The maximum atomic E-state index is 6.55. The smallest absolute Gasteiger partial charge is 0.145 e. The fourth-order valence-corrected chi connectivity index (χ4v) is 9.61. The number of allylic oxidation sites excluding steroid dienone is 9. The highest BCUT2D eigenvalue weighted by molar-refractivity contribution is 6.13. The van der Waals surface area contributed by atoms with Crippen LogP contribution in [0.15, 0.2) is 193 Å². The number of hydrogen-bond donors (Lipinski definition) is 2. The van der Waals surface area contributed by atoms with Crippen molar-refractivity contribution in [2.75, 3.05) is 5.73 Å². The highest BCUT2D eigenvalue weighted by Gasteiger charge is 2.51. The van der Waals surface area contributed by atoms with Crippen molar-refractivity contribution in [3.05, 3.63) is 227 Å². The number of nitrogens with two attached hydrogens (primary N) is 1. The molecule has 1 spiro atoms. The van der Waals surface area contributed by atoms with Gasteiger partial charge in [-0.2, -0.15) is 0 Å². The molecule has 4 heteroatoms. The second-order valence-corrected chi connectivity index (χ2v) is 15.6. The van der Waals surface area contributed by atoms with Gasteiger partial charge in [-0.15, -0.1) is 0 Å². The lowest BCUT2D eigenvalue weighted by Crippen LogP contribution is -2.32. The molecule has 0 aromatic heterocycles. The summed E-state index contributed by atoms with van der Waals surface area (Å²) in [6.07, 6.45) is 20.5. The number of para-hydroxylation sites is 2. The summed E-state index contributed by atoms with van der Waals surface area (Å²) in [4.78, 5) is 5.38. The van der Waals surface area contributed by atoms with Gasteiger partial charge in [0.2, 0.25) is 0 Å². The Morgan fingerprint density at radius 2 is 1.35 bits per heavy atom. The molecule has 11 rings (SSSR count). The van der Waals surface area contributed by atoms with Crippen LogP contribution in [0.2, 0.25) is 0 Å². The molecule has 2 unspecified atom stereocenters. The zero-order valence-corrected chi connectivity index (χ0v) is 31.5. The Morgan fingerprint density at radius 1 is 0.632 bits per heavy atom. The lowest BCUT2D eigenvalue weighted by molar-refractivity contribution is 0.436. The van der Waals surface area contributed by atoms with Crippen molar-refractivity contribution in [1.82, 2.24) is 5.32 Å². The van der Waals surface area contributed by atoms with Gasteiger partial charge in [0, 0.05) is 28.4 Å². The lowest BCUT2D eigenvalue weighted by Gasteiger charge is -2.39. The maximum Gasteiger partial charge on any atom is 0.145 e. The molecular weight excluding hydrogens is 695 g/mol. The fourth-order valence-electron chi connectivity index (χ4n) is 9.61. The van der Waals surface area contributed by atoms with Crippen molar-refractivity contribution < 1.29 is 4.74 Å². The number of anilines is 1. The van der Waals surface area contributed by atoms with Gasteiger partial charge in [-0.05, 0) is 123 Å². The molecule has 0 saturated carbocycles. The average molecular weight is 736 g/mol. The number of nitrogens with zero attached hydrogens (tertiary/aromatic N) is 1. The van der Waals surface area contributed by atoms with E-state index in [0.717, 1.165) is 81.2 Å². The normalized spacial score (nSPS) is 19.3. The Morgan fingerprint density at radius 3 is 2.12 bits per heavy atom. The molecule has 3 aliphatic carbocycles. The lowest BCUT2D eigenvalue weighted by atomic mass is 9.66. The van der Waals surface area contributed by atoms with E-state index in [-0.39, 0.29) is 6.17 Å². The van der Waals surface area contributed by atoms with Crippen LogP contribution in [0.25, 0.3) is 28.0 Å². The van der Waals surface area contributed by atoms with Crippen LogP contribution in [0, 0.1) is 0 Å². The second kappa shape index (κ2) is 13.4. The zero-order valence-electron chi connectivity index (χ0n) is 31.5. The minimum absolute atomic E-state index is 0.249. The van der Waals surface area contributed by atoms with Gasteiger partial charge in [0.1, 0.15) is 17.7 Å². The SMILES string of the molecule is Nc1ccc2c(c1)-c1cc(-c3cccc(C4N=C(C5=CC=CCC5)C=C(c5cccc(C6C=CC=CC6)c5)N4)c3)ccc1C21c2ccccc2Oc2ccccc21. The molecular formula is C53H41N3O. The van der Waals surface area contributed by atoms with E-state index in [1.807, 2.05) is 6.07 Å². The predicted molar refractivity (Wildman–Crippen MR) is 233 cm³/mol. The first-order valence-electron chi connectivity index (χ1n) is 20.0. The number of nitrogen functional groups attached to an aromatic ring is 1. The van der Waals surface area contributed by atoms with E-state index in [1.165, 1.54) is 33.4 Å². The summed E-state index contributed by atoms with van der Waals surface area (Å²) in [6, 6.07) is 48.2. The van der Waals surface area contributed by atoms with Crippen LogP contribution in [-0.4, -0.2) is 5.71 Å². The van der Waals surface area contributed by atoms with Gasteiger partial charge < -0.3 is 15.8 Å². The van der Waals surface area contributed by atoms with E-state index in [4.69, 9.17) is 15.5 Å². The summed E-state index contributed by atoms with van der Waals surface area (Å²) in [5.41, 5.74) is 23.2. The van der Waals surface area contributed by atoms with E-state index in [2.05, 4.69) is 181 Å². The Hall–Kier alpha value is -6.91. The summed E-state index contributed by atoms with van der Waals surface area (Å²) in [7, 11) is 0. The fraction of sp³-hybridized carbons (Fsp3) is 0.113. The third kappa shape index (κ3) is 5.47. The van der Waals surface area contributed by atoms with Crippen molar-refractivity contribution in [1.29, 1.82) is 0 Å². The second-order valence-electron chi connectivity index (χ2n) is 15.6. The van der Waals surface area contributed by atoms with Gasteiger partial charge in [-0.1, -0.05) is 134 Å². The van der Waals surface area contributed by atoms with Gasteiger partial charge in [0.25, 0.3) is 0 Å². The molecule has 0 fully saturated rings. The monoisotopic (exact) mass is 735 g/mol. The standard InChI is InChI=1S/C53H41N3O/c54-41-26-28-45-43(32-41)42-31-38(25-27-44(42)53(45)46-21-7-9-23-50(46)57-51-24-10-8-22-47(51)53)37-18-12-20-40(30-37)52-55-48(35-15-5-2-6-16-35)33-49(56-52)39-19-11-17-36(29-39)34-13-3-1-4-14-34/h1-5,7-13,15,17-34,52,56H,6,14,16,54H2. The highest BCUT2D eigenvalue weighted by Crippen LogP contribution is 2.62. The predicted octanol–water partition coefficient (Wildman–Crippen LogP) is 12.4. The van der Waals surface area contributed by atoms with Crippen LogP contribution >= 0.6 is 0 Å². The number of ether oxygens (including phenoxy) is 1. The van der Waals surface area contributed by atoms with E-state index in [0.29, 0.717) is 5.92 Å². The largest absolute Gasteiger partial charge is 0.457 e. The molecule has 2 heterocycles. The Balaban J connectivity index is 1.01. The maximum absolute atomic E-state index is 6.55. The minimum atomic E-state index is -0.533. The quantitative estimate of drug-likeness (QED) is 0.173. The average Bonchev–Trinajstić information content (AvgIpc) is 3.56. The van der Waals surface area contributed by atoms with Crippen molar-refractivity contribution in [3.63, 3.8) is 0 Å². The van der Waals surface area contributed by atoms with Crippen molar-refractivity contribution in [2.45, 2.75) is 36.8 Å². The van der Waals surface area contributed by atoms with Crippen LogP contribution in [-0.2, 0) is 5.41 Å². The van der Waals surface area contributed by atoms with Crippen molar-refractivity contribution in [3.8, 4) is 33.8 Å². The van der Waals surface area contributed by atoms with Gasteiger partial charge in [0.05, 0.1) is 11.1 Å². The van der Waals surface area contributed by atoms with Gasteiger partial charge >= 0.3 is 0 Å². The van der Waals surface area contributed by atoms with Gasteiger partial charge in [0.15, 0.2) is 0 Å². The molecule has 4 nitrogen and oxygen atoms in total. The number of hydrogen-bond acceptors (Lipinski definition) is 4. The summed E-state index contributed by atoms with van der Waals surface area (Å²) >= 11 is 0. The molecule has 274 valence electrons. The molecule has 57 heavy (non-hydrogen) atoms. The molecule has 0 amide bonds. The van der Waals surface area contributed by atoms with Gasteiger partial charge in [-0.3, -0.25) is 4.99 Å². The van der Waals surface area contributed by atoms with E-state index >= 15 is 0 Å². The third-order valence-electron chi connectivity index (χ3n) is 12.3. The first-order chi connectivity index (χ1) is 28.1. The summed E-state index contributed by atoms with van der Waals surface area (Å²) in [5, 5.41) is 3.85. The number of rotatable bonds is 5. The molecule has 0 saturated heterocycles. The molecule has 2 atom stereocenters. The van der Waals surface area contributed by atoms with Crippen LogP contribution in [0.1, 0.15) is 70.3 Å². The van der Waals surface area contributed by atoms with Crippen molar-refractivity contribution >= 4 is 17.1 Å². The molecule has 5 aliphatic rings. The minimum Gasteiger partial charge on any atom is -0.457 e. The number of nitrogens with one attached hydrogen (secondary N) is 1. The number of aliphatic imine (C=N–C) groups is 1. The Kier molecular flexibility index (Phi) is 7.85. The highest BCUT2D eigenvalue weighted by atomic mass is 16.5. The van der Waals surface area contributed by atoms with E-state index < -0.39 is 5.41 Å². The summed E-state index contributed by atoms with van der Waals surface area (Å²) < 4.78 is 6.54. The third-order valence-corrected chi connectivity index (χ3v) is 12.3. The number of fused-ring (bicyclic) bond motifs is 9. The Bertz CT molecular complexity index is 2770.